The molecule has 1 amide bonds. The maximum atomic E-state index is 12.7. The van der Waals surface area contributed by atoms with Gasteiger partial charge in [0, 0.05) is 61.6 Å². The van der Waals surface area contributed by atoms with Gasteiger partial charge < -0.3 is 14.2 Å². The fraction of sp³-hybridized carbons (Fsp3) is 0.400. The summed E-state index contributed by atoms with van der Waals surface area (Å²) in [6, 6.07) is 10.4. The summed E-state index contributed by atoms with van der Waals surface area (Å²) >= 11 is 0. The van der Waals surface area contributed by atoms with Gasteiger partial charge in [-0.3, -0.25) is 4.79 Å². The summed E-state index contributed by atoms with van der Waals surface area (Å²) in [5.74, 6) is -0.0323. The van der Waals surface area contributed by atoms with Crippen LogP contribution in [0.3, 0.4) is 0 Å². The maximum Gasteiger partial charge on any atom is 0.246 e. The number of nitrogens with zero attached hydrogens (tertiary/aromatic N) is 3. The van der Waals surface area contributed by atoms with Gasteiger partial charge in [-0.15, -0.1) is 0 Å². The highest BCUT2D eigenvalue weighted by atomic mass is 16.5. The van der Waals surface area contributed by atoms with Crippen molar-refractivity contribution in [2.75, 3.05) is 19.8 Å². The van der Waals surface area contributed by atoms with Crippen molar-refractivity contribution in [2.45, 2.75) is 25.3 Å². The van der Waals surface area contributed by atoms with Gasteiger partial charge in [0.2, 0.25) is 5.91 Å². The lowest BCUT2D eigenvalue weighted by atomic mass is 10.1. The molecule has 130 valence electrons. The van der Waals surface area contributed by atoms with Gasteiger partial charge in [0.05, 0.1) is 12.5 Å². The Morgan fingerprint density at radius 3 is 2.92 bits per heavy atom. The highest BCUT2D eigenvalue weighted by molar-refractivity contribution is 5.96. The van der Waals surface area contributed by atoms with E-state index in [1.54, 1.807) is 6.08 Å². The lowest BCUT2D eigenvalue weighted by molar-refractivity contribution is -0.130. The van der Waals surface area contributed by atoms with Gasteiger partial charge in [-0.1, -0.05) is 18.2 Å². The van der Waals surface area contributed by atoms with Crippen molar-refractivity contribution in [3.8, 4) is 6.07 Å². The number of amides is 1. The predicted molar refractivity (Wildman–Crippen MR) is 97.7 cm³/mol. The molecule has 5 heteroatoms. The summed E-state index contributed by atoms with van der Waals surface area (Å²) in [6.07, 6.45) is 7.56. The second kappa shape index (κ2) is 8.00. The molecule has 1 fully saturated rings. The molecule has 0 spiro atoms. The molecule has 2 aromatic rings. The van der Waals surface area contributed by atoms with E-state index in [0.29, 0.717) is 26.2 Å². The molecule has 3 rings (SSSR count). The Kier molecular flexibility index (Phi) is 5.52. The van der Waals surface area contributed by atoms with Crippen LogP contribution in [0, 0.1) is 11.3 Å². The topological polar surface area (TPSA) is 58.3 Å². The molecule has 1 aliphatic rings. The van der Waals surface area contributed by atoms with E-state index in [1.165, 1.54) is 0 Å². The number of hydrogen-bond donors (Lipinski definition) is 0. The average Bonchev–Trinajstić information content (AvgIpc) is 2.97. The first-order valence-electron chi connectivity index (χ1n) is 8.68. The molecule has 0 saturated carbocycles. The Bertz CT molecular complexity index is 810. The first-order chi connectivity index (χ1) is 12.2. The Hall–Kier alpha value is -2.58. The molecule has 0 aliphatic carbocycles. The summed E-state index contributed by atoms with van der Waals surface area (Å²) in [7, 11) is 2.00. The third kappa shape index (κ3) is 3.92. The van der Waals surface area contributed by atoms with Crippen LogP contribution in [0.15, 0.2) is 36.5 Å². The van der Waals surface area contributed by atoms with Crippen molar-refractivity contribution in [3.05, 3.63) is 42.1 Å². The van der Waals surface area contributed by atoms with E-state index < -0.39 is 0 Å². The van der Waals surface area contributed by atoms with E-state index in [-0.39, 0.29) is 11.9 Å². The molecule has 1 aromatic carbocycles. The van der Waals surface area contributed by atoms with Gasteiger partial charge in [0.15, 0.2) is 0 Å². The Morgan fingerprint density at radius 2 is 2.16 bits per heavy atom. The fourth-order valence-corrected chi connectivity index (χ4v) is 3.40. The molecule has 0 unspecified atom stereocenters. The van der Waals surface area contributed by atoms with Crippen LogP contribution >= 0.6 is 0 Å². The molecule has 1 aliphatic heterocycles. The highest BCUT2D eigenvalue weighted by Crippen LogP contribution is 2.22. The van der Waals surface area contributed by atoms with Gasteiger partial charge in [0.25, 0.3) is 0 Å². The molecule has 0 atom stereocenters. The molecule has 0 bridgehead atoms. The van der Waals surface area contributed by atoms with Crippen LogP contribution in [-0.2, 0) is 16.6 Å². The monoisotopic (exact) mass is 337 g/mol. The first-order valence-corrected chi connectivity index (χ1v) is 8.68. The third-order valence-corrected chi connectivity index (χ3v) is 4.71. The summed E-state index contributed by atoms with van der Waals surface area (Å²) in [4.78, 5) is 14.6. The molecule has 5 nitrogen and oxygen atoms in total. The zero-order valence-electron chi connectivity index (χ0n) is 14.5. The predicted octanol–water partition coefficient (Wildman–Crippen LogP) is 3.11. The third-order valence-electron chi connectivity index (χ3n) is 4.71. The molecule has 0 radical (unpaired) electrons. The summed E-state index contributed by atoms with van der Waals surface area (Å²) in [6.45, 7) is 1.82. The second-order valence-electron chi connectivity index (χ2n) is 6.33. The van der Waals surface area contributed by atoms with Gasteiger partial charge in [0.1, 0.15) is 0 Å². The highest BCUT2D eigenvalue weighted by Gasteiger charge is 2.24. The fourth-order valence-electron chi connectivity index (χ4n) is 3.40. The number of ether oxygens (including phenoxy) is 1. The number of aryl methyl sites for hydroxylation is 1. The van der Waals surface area contributed by atoms with E-state index in [9.17, 15) is 4.79 Å². The number of aromatic nitrogens is 1. The van der Waals surface area contributed by atoms with Crippen molar-refractivity contribution >= 4 is 22.9 Å². The van der Waals surface area contributed by atoms with Crippen LogP contribution in [0.25, 0.3) is 17.0 Å². The van der Waals surface area contributed by atoms with Crippen LogP contribution < -0.4 is 0 Å². The minimum absolute atomic E-state index is 0.0323. The van der Waals surface area contributed by atoms with Crippen molar-refractivity contribution in [3.63, 3.8) is 0 Å². The molecular weight excluding hydrogens is 314 g/mol. The summed E-state index contributed by atoms with van der Waals surface area (Å²) in [5, 5.41) is 10.0. The standard InChI is InChI=1S/C20H23N3O2/c1-22-15-16(18-5-2-3-6-19(18)22)7-8-20(24)23(12-4-11-21)17-9-13-25-14-10-17/h2-3,5-8,15,17H,4,9-10,12-14H2,1H3/b8-7+. The van der Waals surface area contributed by atoms with Crippen LogP contribution in [0.4, 0.5) is 0 Å². The van der Waals surface area contributed by atoms with Gasteiger partial charge in [-0.05, 0) is 25.0 Å². The van der Waals surface area contributed by atoms with Crippen molar-refractivity contribution < 1.29 is 9.53 Å². The van der Waals surface area contributed by atoms with Gasteiger partial charge in [-0.25, -0.2) is 0 Å². The normalized spacial score (nSPS) is 15.5. The van der Waals surface area contributed by atoms with E-state index in [0.717, 1.165) is 29.3 Å². The molecule has 2 heterocycles. The van der Waals surface area contributed by atoms with Crippen LogP contribution in [0.5, 0.6) is 0 Å². The van der Waals surface area contributed by atoms with E-state index in [2.05, 4.69) is 22.8 Å². The minimum Gasteiger partial charge on any atom is -0.381 e. The molecule has 1 aromatic heterocycles. The smallest absolute Gasteiger partial charge is 0.246 e. The number of hydrogen-bond acceptors (Lipinski definition) is 3. The number of fused-ring (bicyclic) bond motifs is 1. The lowest BCUT2D eigenvalue weighted by Crippen LogP contribution is -2.43. The minimum atomic E-state index is -0.0323. The zero-order chi connectivity index (χ0) is 17.6. The number of nitriles is 1. The van der Waals surface area contributed by atoms with Crippen LogP contribution in [-0.4, -0.2) is 41.2 Å². The zero-order valence-corrected chi connectivity index (χ0v) is 14.5. The molecular formula is C20H23N3O2. The number of benzene rings is 1. The van der Waals surface area contributed by atoms with Gasteiger partial charge in [-0.2, -0.15) is 5.26 Å². The number of rotatable bonds is 5. The Morgan fingerprint density at radius 1 is 1.40 bits per heavy atom. The number of carbonyl (C=O) groups is 1. The lowest BCUT2D eigenvalue weighted by Gasteiger charge is -2.33. The second-order valence-corrected chi connectivity index (χ2v) is 6.33. The number of para-hydroxylation sites is 1. The summed E-state index contributed by atoms with van der Waals surface area (Å²) < 4.78 is 7.45. The molecule has 0 N–H and O–H groups in total. The van der Waals surface area contributed by atoms with E-state index >= 15 is 0 Å². The Labute approximate surface area is 148 Å². The maximum absolute atomic E-state index is 12.7. The largest absolute Gasteiger partial charge is 0.381 e. The van der Waals surface area contributed by atoms with E-state index in [1.807, 2.05) is 36.4 Å². The van der Waals surface area contributed by atoms with Gasteiger partial charge >= 0.3 is 0 Å². The molecule has 25 heavy (non-hydrogen) atoms. The first kappa shape index (κ1) is 17.2. The quantitative estimate of drug-likeness (QED) is 0.788. The number of carbonyl (C=O) groups excluding carboxylic acids is 1. The van der Waals surface area contributed by atoms with Crippen molar-refractivity contribution in [2.24, 2.45) is 7.05 Å². The van der Waals surface area contributed by atoms with Crippen molar-refractivity contribution in [1.82, 2.24) is 9.47 Å². The average molecular weight is 337 g/mol. The van der Waals surface area contributed by atoms with Crippen molar-refractivity contribution in [1.29, 1.82) is 5.26 Å². The van der Waals surface area contributed by atoms with Crippen LogP contribution in [0.1, 0.15) is 24.8 Å². The van der Waals surface area contributed by atoms with E-state index in [4.69, 9.17) is 10.00 Å². The summed E-state index contributed by atoms with van der Waals surface area (Å²) in [5.41, 5.74) is 2.17. The molecule has 1 saturated heterocycles. The Balaban J connectivity index is 1.79. The van der Waals surface area contributed by atoms with Crippen LogP contribution in [0.2, 0.25) is 0 Å². The SMILES string of the molecule is Cn1cc(/C=C/C(=O)N(CCC#N)C2CCOCC2)c2ccccc21.